The second kappa shape index (κ2) is 4.59. The zero-order valence-electron chi connectivity index (χ0n) is 10.0. The molecular formula is C13H16N2O2. The van der Waals surface area contributed by atoms with Gasteiger partial charge in [0.1, 0.15) is 5.75 Å². The van der Waals surface area contributed by atoms with Crippen LogP contribution in [0.2, 0.25) is 0 Å². The first-order chi connectivity index (χ1) is 8.19. The summed E-state index contributed by atoms with van der Waals surface area (Å²) < 4.78 is 5.34. The molecule has 2 rings (SSSR count). The Labute approximate surface area is 99.8 Å². The number of carbonyl (C=O) groups excluding carboxylic acids is 1. The van der Waals surface area contributed by atoms with Crippen LogP contribution in [0.15, 0.2) is 18.3 Å². The number of nitrogens with two attached hydrogens (primary N) is 1. The minimum absolute atomic E-state index is 0.0406. The Morgan fingerprint density at radius 2 is 2.24 bits per heavy atom. The number of fused-ring (bicyclic) bond motifs is 1. The molecule has 4 heteroatoms. The maximum absolute atomic E-state index is 11.5. The standard InChI is InChI=1S/C13H16N2O2/c1-8(16)10-3-4-11(17-2)12-9(5-6-14)7-15-13(10)12/h3-4,7,15H,5-6,14H2,1-2H3. The van der Waals surface area contributed by atoms with Gasteiger partial charge < -0.3 is 15.5 Å². The van der Waals surface area contributed by atoms with E-state index >= 15 is 0 Å². The van der Waals surface area contributed by atoms with E-state index in [2.05, 4.69) is 4.98 Å². The van der Waals surface area contributed by atoms with Crippen LogP contribution in [-0.4, -0.2) is 24.4 Å². The van der Waals surface area contributed by atoms with Gasteiger partial charge >= 0.3 is 0 Å². The molecule has 0 unspecified atom stereocenters. The van der Waals surface area contributed by atoms with Crippen molar-refractivity contribution in [1.29, 1.82) is 0 Å². The van der Waals surface area contributed by atoms with Crippen molar-refractivity contribution in [2.45, 2.75) is 13.3 Å². The molecule has 0 spiro atoms. The van der Waals surface area contributed by atoms with Gasteiger partial charge in [-0.25, -0.2) is 0 Å². The average Bonchev–Trinajstić information content (AvgIpc) is 2.72. The number of nitrogens with one attached hydrogen (secondary N) is 1. The predicted octanol–water partition coefficient (Wildman–Crippen LogP) is 1.88. The molecule has 1 aromatic heterocycles. The Balaban J connectivity index is 2.73. The van der Waals surface area contributed by atoms with Gasteiger partial charge in [0.25, 0.3) is 0 Å². The van der Waals surface area contributed by atoms with Crippen molar-refractivity contribution >= 4 is 16.7 Å². The fraction of sp³-hybridized carbons (Fsp3) is 0.308. The molecule has 0 aliphatic rings. The lowest BCUT2D eigenvalue weighted by Gasteiger charge is -2.06. The average molecular weight is 232 g/mol. The van der Waals surface area contributed by atoms with Crippen LogP contribution in [0.25, 0.3) is 10.9 Å². The van der Waals surface area contributed by atoms with E-state index in [0.29, 0.717) is 12.1 Å². The van der Waals surface area contributed by atoms with Crippen molar-refractivity contribution in [2.75, 3.05) is 13.7 Å². The first-order valence-electron chi connectivity index (χ1n) is 5.57. The monoisotopic (exact) mass is 232 g/mol. The number of ether oxygens (including phenoxy) is 1. The third kappa shape index (κ3) is 1.91. The number of H-pyrrole nitrogens is 1. The number of Topliss-reactive ketones (excluding diaryl/α,β-unsaturated/α-hetero) is 1. The fourth-order valence-corrected chi connectivity index (χ4v) is 2.10. The second-order valence-corrected chi connectivity index (χ2v) is 3.97. The van der Waals surface area contributed by atoms with Crippen LogP contribution < -0.4 is 10.5 Å². The smallest absolute Gasteiger partial charge is 0.161 e. The summed E-state index contributed by atoms with van der Waals surface area (Å²) in [5.41, 5.74) is 8.18. The molecule has 17 heavy (non-hydrogen) atoms. The summed E-state index contributed by atoms with van der Waals surface area (Å²) in [7, 11) is 1.63. The van der Waals surface area contributed by atoms with Crippen molar-refractivity contribution in [1.82, 2.24) is 4.98 Å². The molecule has 0 atom stereocenters. The molecule has 1 heterocycles. The zero-order valence-corrected chi connectivity index (χ0v) is 10.0. The number of carbonyl (C=O) groups is 1. The van der Waals surface area contributed by atoms with Gasteiger partial charge in [0, 0.05) is 17.1 Å². The Hall–Kier alpha value is -1.81. The molecule has 0 bridgehead atoms. The highest BCUT2D eigenvalue weighted by Crippen LogP contribution is 2.31. The quantitative estimate of drug-likeness (QED) is 0.791. The molecule has 0 amide bonds. The minimum atomic E-state index is 0.0406. The molecule has 0 aliphatic carbocycles. The lowest BCUT2D eigenvalue weighted by atomic mass is 10.0. The largest absolute Gasteiger partial charge is 0.496 e. The third-order valence-corrected chi connectivity index (χ3v) is 2.89. The predicted molar refractivity (Wildman–Crippen MR) is 67.6 cm³/mol. The molecule has 0 saturated heterocycles. The van der Waals surface area contributed by atoms with Gasteiger partial charge in [0.15, 0.2) is 5.78 Å². The SMILES string of the molecule is COc1ccc(C(C)=O)c2[nH]cc(CCN)c12. The zero-order chi connectivity index (χ0) is 12.4. The Morgan fingerprint density at radius 1 is 1.47 bits per heavy atom. The molecular weight excluding hydrogens is 216 g/mol. The van der Waals surface area contributed by atoms with Crippen LogP contribution in [0.5, 0.6) is 5.75 Å². The molecule has 2 aromatic rings. The van der Waals surface area contributed by atoms with E-state index < -0.39 is 0 Å². The molecule has 0 radical (unpaired) electrons. The number of benzene rings is 1. The van der Waals surface area contributed by atoms with E-state index in [4.69, 9.17) is 10.5 Å². The first kappa shape index (κ1) is 11.7. The van der Waals surface area contributed by atoms with Gasteiger partial charge in [0.05, 0.1) is 12.6 Å². The molecule has 1 aromatic carbocycles. The van der Waals surface area contributed by atoms with E-state index in [1.54, 1.807) is 20.1 Å². The lowest BCUT2D eigenvalue weighted by Crippen LogP contribution is -2.02. The summed E-state index contributed by atoms with van der Waals surface area (Å²) in [5, 5.41) is 0.964. The number of hydrogen-bond acceptors (Lipinski definition) is 3. The summed E-state index contributed by atoms with van der Waals surface area (Å²) in [6, 6.07) is 3.61. The third-order valence-electron chi connectivity index (χ3n) is 2.89. The number of ketones is 1. The second-order valence-electron chi connectivity index (χ2n) is 3.97. The summed E-state index contributed by atoms with van der Waals surface area (Å²) in [6.07, 6.45) is 2.66. The van der Waals surface area contributed by atoms with Crippen LogP contribution in [0.1, 0.15) is 22.8 Å². The van der Waals surface area contributed by atoms with Crippen LogP contribution in [0.4, 0.5) is 0 Å². The van der Waals surface area contributed by atoms with Gasteiger partial charge in [-0.05, 0) is 37.6 Å². The number of aromatic amines is 1. The van der Waals surface area contributed by atoms with Crippen molar-refractivity contribution in [3.8, 4) is 5.75 Å². The van der Waals surface area contributed by atoms with Crippen molar-refractivity contribution in [3.05, 3.63) is 29.5 Å². The summed E-state index contributed by atoms with van der Waals surface area (Å²) in [4.78, 5) is 14.7. The lowest BCUT2D eigenvalue weighted by molar-refractivity contribution is 0.101. The molecule has 90 valence electrons. The highest BCUT2D eigenvalue weighted by Gasteiger charge is 2.14. The van der Waals surface area contributed by atoms with Gasteiger partial charge in [-0.2, -0.15) is 0 Å². The molecule has 0 aliphatic heterocycles. The minimum Gasteiger partial charge on any atom is -0.496 e. The number of methoxy groups -OCH3 is 1. The summed E-state index contributed by atoms with van der Waals surface area (Å²) in [5.74, 6) is 0.813. The van der Waals surface area contributed by atoms with Crippen molar-refractivity contribution < 1.29 is 9.53 Å². The van der Waals surface area contributed by atoms with Crippen LogP contribution in [-0.2, 0) is 6.42 Å². The number of hydrogen-bond donors (Lipinski definition) is 2. The first-order valence-corrected chi connectivity index (χ1v) is 5.57. The van der Waals surface area contributed by atoms with Crippen LogP contribution in [0, 0.1) is 0 Å². The fourth-order valence-electron chi connectivity index (χ4n) is 2.10. The van der Waals surface area contributed by atoms with Gasteiger partial charge in [-0.15, -0.1) is 0 Å². The number of aromatic nitrogens is 1. The highest BCUT2D eigenvalue weighted by atomic mass is 16.5. The maximum Gasteiger partial charge on any atom is 0.161 e. The Bertz CT molecular complexity index is 558. The van der Waals surface area contributed by atoms with E-state index in [1.807, 2.05) is 12.3 Å². The Kier molecular flexibility index (Phi) is 3.15. The topological polar surface area (TPSA) is 68.1 Å². The van der Waals surface area contributed by atoms with E-state index in [9.17, 15) is 4.79 Å². The molecule has 4 nitrogen and oxygen atoms in total. The summed E-state index contributed by atoms with van der Waals surface area (Å²) >= 11 is 0. The van der Waals surface area contributed by atoms with Gasteiger partial charge in [-0.1, -0.05) is 0 Å². The summed E-state index contributed by atoms with van der Waals surface area (Å²) in [6.45, 7) is 2.13. The van der Waals surface area contributed by atoms with Crippen molar-refractivity contribution in [3.63, 3.8) is 0 Å². The molecule has 0 saturated carbocycles. The van der Waals surface area contributed by atoms with Crippen LogP contribution in [0.3, 0.4) is 0 Å². The van der Waals surface area contributed by atoms with E-state index in [-0.39, 0.29) is 5.78 Å². The molecule has 3 N–H and O–H groups in total. The normalized spacial score (nSPS) is 10.8. The van der Waals surface area contributed by atoms with Gasteiger partial charge in [0.2, 0.25) is 0 Å². The van der Waals surface area contributed by atoms with Gasteiger partial charge in [-0.3, -0.25) is 4.79 Å². The highest BCUT2D eigenvalue weighted by molar-refractivity contribution is 6.08. The number of rotatable bonds is 4. The molecule has 0 fully saturated rings. The van der Waals surface area contributed by atoms with E-state index in [1.165, 1.54) is 0 Å². The van der Waals surface area contributed by atoms with E-state index in [0.717, 1.165) is 28.6 Å². The Morgan fingerprint density at radius 3 is 2.82 bits per heavy atom. The maximum atomic E-state index is 11.5. The van der Waals surface area contributed by atoms with Crippen LogP contribution >= 0.6 is 0 Å². The van der Waals surface area contributed by atoms with Crippen molar-refractivity contribution in [2.24, 2.45) is 5.73 Å².